The summed E-state index contributed by atoms with van der Waals surface area (Å²) < 4.78 is 0. The number of hydrogen-bond donors (Lipinski definition) is 0. The Morgan fingerprint density at radius 1 is 0.933 bits per heavy atom. The van der Waals surface area contributed by atoms with E-state index in [0.717, 1.165) is 12.0 Å². The molecular weight excluding hydrogens is 184 g/mol. The maximum atomic E-state index is 2.73. The molecule has 0 radical (unpaired) electrons. The van der Waals surface area contributed by atoms with Crippen molar-refractivity contribution < 1.29 is 0 Å². The highest BCUT2D eigenvalue weighted by atomic mass is 15.3. The van der Waals surface area contributed by atoms with Crippen molar-refractivity contribution in [2.24, 2.45) is 5.92 Å². The lowest BCUT2D eigenvalue weighted by Crippen LogP contribution is -2.54. The first kappa shape index (κ1) is 10.1. The SMILES string of the molecule is C1CCN2CCN(CCC3CC3)CC2C1. The highest BCUT2D eigenvalue weighted by Gasteiger charge is 2.29. The van der Waals surface area contributed by atoms with Crippen molar-refractivity contribution in [1.82, 2.24) is 9.80 Å². The van der Waals surface area contributed by atoms with Crippen molar-refractivity contribution in [2.45, 2.75) is 44.6 Å². The molecule has 2 saturated heterocycles. The van der Waals surface area contributed by atoms with E-state index in [1.165, 1.54) is 71.2 Å². The fourth-order valence-electron chi connectivity index (χ4n) is 3.20. The molecule has 3 fully saturated rings. The fraction of sp³-hybridized carbons (Fsp3) is 1.00. The highest BCUT2D eigenvalue weighted by Crippen LogP contribution is 2.32. The summed E-state index contributed by atoms with van der Waals surface area (Å²) in [7, 11) is 0. The average molecular weight is 208 g/mol. The van der Waals surface area contributed by atoms with Crippen LogP contribution in [0.1, 0.15) is 38.5 Å². The largest absolute Gasteiger partial charge is 0.301 e. The van der Waals surface area contributed by atoms with Crippen molar-refractivity contribution in [1.29, 1.82) is 0 Å². The Labute approximate surface area is 93.6 Å². The quantitative estimate of drug-likeness (QED) is 0.699. The van der Waals surface area contributed by atoms with Gasteiger partial charge in [0.2, 0.25) is 0 Å². The van der Waals surface area contributed by atoms with Gasteiger partial charge in [-0.3, -0.25) is 4.90 Å². The molecule has 2 heterocycles. The number of fused-ring (bicyclic) bond motifs is 1. The summed E-state index contributed by atoms with van der Waals surface area (Å²) in [6.07, 6.45) is 8.88. The summed E-state index contributed by atoms with van der Waals surface area (Å²) in [6.45, 7) is 6.81. The predicted octanol–water partition coefficient (Wildman–Crippen LogP) is 1.96. The third-order valence-electron chi connectivity index (χ3n) is 4.47. The van der Waals surface area contributed by atoms with Gasteiger partial charge in [0.25, 0.3) is 0 Å². The summed E-state index contributed by atoms with van der Waals surface area (Å²) in [5.74, 6) is 1.11. The Balaban J connectivity index is 1.46. The summed E-state index contributed by atoms with van der Waals surface area (Å²) >= 11 is 0. The van der Waals surface area contributed by atoms with Crippen LogP contribution < -0.4 is 0 Å². The van der Waals surface area contributed by atoms with Gasteiger partial charge in [0.05, 0.1) is 0 Å². The second kappa shape index (κ2) is 4.42. The molecule has 1 saturated carbocycles. The van der Waals surface area contributed by atoms with Crippen LogP contribution in [0.4, 0.5) is 0 Å². The van der Waals surface area contributed by atoms with Crippen molar-refractivity contribution >= 4 is 0 Å². The first-order chi connectivity index (χ1) is 7.42. The van der Waals surface area contributed by atoms with E-state index in [4.69, 9.17) is 0 Å². The van der Waals surface area contributed by atoms with Gasteiger partial charge in [0.15, 0.2) is 0 Å². The predicted molar refractivity (Wildman–Crippen MR) is 63.0 cm³/mol. The van der Waals surface area contributed by atoms with E-state index in [1.807, 2.05) is 0 Å². The van der Waals surface area contributed by atoms with E-state index in [0.29, 0.717) is 0 Å². The molecule has 0 aromatic heterocycles. The van der Waals surface area contributed by atoms with Crippen LogP contribution in [0.15, 0.2) is 0 Å². The minimum Gasteiger partial charge on any atom is -0.301 e. The van der Waals surface area contributed by atoms with Crippen LogP contribution in [-0.2, 0) is 0 Å². The van der Waals surface area contributed by atoms with E-state index in [9.17, 15) is 0 Å². The second-order valence-electron chi connectivity index (χ2n) is 5.72. The van der Waals surface area contributed by atoms with E-state index >= 15 is 0 Å². The summed E-state index contributed by atoms with van der Waals surface area (Å²) in [6, 6.07) is 0.909. The van der Waals surface area contributed by atoms with Crippen molar-refractivity contribution in [3.63, 3.8) is 0 Å². The zero-order valence-corrected chi connectivity index (χ0v) is 9.83. The average Bonchev–Trinajstić information content (AvgIpc) is 3.10. The Bertz CT molecular complexity index is 213. The molecule has 1 atom stereocenters. The van der Waals surface area contributed by atoms with Gasteiger partial charge in [-0.2, -0.15) is 0 Å². The molecule has 15 heavy (non-hydrogen) atoms. The normalized spacial score (nSPS) is 34.0. The number of hydrogen-bond acceptors (Lipinski definition) is 2. The maximum absolute atomic E-state index is 2.73. The third-order valence-corrected chi connectivity index (χ3v) is 4.47. The Morgan fingerprint density at radius 3 is 2.73 bits per heavy atom. The summed E-state index contributed by atoms with van der Waals surface area (Å²) in [5, 5.41) is 0. The summed E-state index contributed by atoms with van der Waals surface area (Å²) in [4.78, 5) is 5.46. The van der Waals surface area contributed by atoms with Crippen LogP contribution in [0.25, 0.3) is 0 Å². The van der Waals surface area contributed by atoms with Gasteiger partial charge in [0.1, 0.15) is 0 Å². The van der Waals surface area contributed by atoms with Gasteiger partial charge >= 0.3 is 0 Å². The molecule has 0 amide bonds. The van der Waals surface area contributed by atoms with Gasteiger partial charge in [-0.25, -0.2) is 0 Å². The Hall–Kier alpha value is -0.0800. The van der Waals surface area contributed by atoms with Gasteiger partial charge in [-0.05, 0) is 38.3 Å². The molecule has 1 aliphatic carbocycles. The minimum atomic E-state index is 0.909. The first-order valence-corrected chi connectivity index (χ1v) is 6.88. The molecule has 3 aliphatic rings. The molecule has 2 heteroatoms. The van der Waals surface area contributed by atoms with Gasteiger partial charge in [-0.15, -0.1) is 0 Å². The Kier molecular flexibility index (Phi) is 2.98. The first-order valence-electron chi connectivity index (χ1n) is 6.88. The molecule has 0 aromatic carbocycles. The number of nitrogens with zero attached hydrogens (tertiary/aromatic N) is 2. The molecule has 86 valence electrons. The van der Waals surface area contributed by atoms with Crippen LogP contribution >= 0.6 is 0 Å². The minimum absolute atomic E-state index is 0.909. The van der Waals surface area contributed by atoms with Gasteiger partial charge < -0.3 is 4.90 Å². The number of piperazine rings is 1. The van der Waals surface area contributed by atoms with Crippen molar-refractivity contribution in [2.75, 3.05) is 32.7 Å². The molecule has 0 N–H and O–H groups in total. The maximum Gasteiger partial charge on any atom is 0.0223 e. The summed E-state index contributed by atoms with van der Waals surface area (Å²) in [5.41, 5.74) is 0. The fourth-order valence-corrected chi connectivity index (χ4v) is 3.20. The number of rotatable bonds is 3. The Morgan fingerprint density at radius 2 is 1.87 bits per heavy atom. The lowest BCUT2D eigenvalue weighted by atomic mass is 9.99. The highest BCUT2D eigenvalue weighted by molar-refractivity contribution is 4.85. The topological polar surface area (TPSA) is 6.48 Å². The number of piperidine rings is 1. The molecule has 2 aliphatic heterocycles. The van der Waals surface area contributed by atoms with Crippen molar-refractivity contribution in [3.8, 4) is 0 Å². The van der Waals surface area contributed by atoms with Crippen LogP contribution in [0.3, 0.4) is 0 Å². The van der Waals surface area contributed by atoms with Crippen LogP contribution in [0, 0.1) is 5.92 Å². The standard InChI is InChI=1S/C13H24N2/c1-2-7-15-10-9-14(11-13(15)3-1)8-6-12-4-5-12/h12-13H,1-11H2. The molecular formula is C13H24N2. The molecule has 3 rings (SSSR count). The van der Waals surface area contributed by atoms with Gasteiger partial charge in [0, 0.05) is 25.7 Å². The van der Waals surface area contributed by atoms with Crippen molar-refractivity contribution in [3.05, 3.63) is 0 Å². The third kappa shape index (κ3) is 2.54. The van der Waals surface area contributed by atoms with Crippen LogP contribution in [-0.4, -0.2) is 48.6 Å². The smallest absolute Gasteiger partial charge is 0.0223 e. The molecule has 0 bridgehead atoms. The molecule has 1 unspecified atom stereocenters. The van der Waals surface area contributed by atoms with E-state index in [2.05, 4.69) is 9.80 Å². The van der Waals surface area contributed by atoms with Gasteiger partial charge in [-0.1, -0.05) is 19.3 Å². The zero-order chi connectivity index (χ0) is 10.1. The van der Waals surface area contributed by atoms with E-state index in [1.54, 1.807) is 0 Å². The van der Waals surface area contributed by atoms with E-state index in [-0.39, 0.29) is 0 Å². The zero-order valence-electron chi connectivity index (χ0n) is 9.83. The van der Waals surface area contributed by atoms with Crippen LogP contribution in [0.5, 0.6) is 0 Å². The lowest BCUT2D eigenvalue weighted by Gasteiger charge is -2.44. The monoisotopic (exact) mass is 208 g/mol. The lowest BCUT2D eigenvalue weighted by molar-refractivity contribution is 0.0482. The molecule has 2 nitrogen and oxygen atoms in total. The van der Waals surface area contributed by atoms with Crippen LogP contribution in [0.2, 0.25) is 0 Å². The molecule has 0 aromatic rings. The second-order valence-corrected chi connectivity index (χ2v) is 5.72. The molecule has 0 spiro atoms. The van der Waals surface area contributed by atoms with E-state index < -0.39 is 0 Å².